The molecule has 0 aromatic carbocycles. The lowest BCUT2D eigenvalue weighted by molar-refractivity contribution is 0.717. The molecular weight excluding hydrogens is 148 g/mol. The molecule has 0 saturated heterocycles. The van der Waals surface area contributed by atoms with E-state index in [0.29, 0.717) is 12.1 Å². The minimum atomic E-state index is 0.424. The molecule has 0 aliphatic rings. The van der Waals surface area contributed by atoms with Gasteiger partial charge in [0.2, 0.25) is 0 Å². The number of nitrogens with zero attached hydrogens (tertiary/aromatic N) is 2. The lowest BCUT2D eigenvalue weighted by Crippen LogP contribution is -1.98. The Labute approximate surface area is 75.8 Å². The molecule has 12 heavy (non-hydrogen) atoms. The van der Waals surface area contributed by atoms with Crippen molar-refractivity contribution >= 4 is 12.4 Å². The van der Waals surface area contributed by atoms with E-state index in [9.17, 15) is 0 Å². The molecule has 70 valence electrons. The Morgan fingerprint density at radius 1 is 0.917 bits per heavy atom. The predicted molar refractivity (Wildman–Crippen MR) is 56.5 cm³/mol. The van der Waals surface area contributed by atoms with E-state index in [1.807, 2.05) is 0 Å². The summed E-state index contributed by atoms with van der Waals surface area (Å²) in [7, 11) is 0. The summed E-state index contributed by atoms with van der Waals surface area (Å²) in [4.78, 5) is 8.55. The van der Waals surface area contributed by atoms with Crippen LogP contribution in [0.4, 0.5) is 0 Å². The van der Waals surface area contributed by atoms with Gasteiger partial charge in [0.15, 0.2) is 0 Å². The molecule has 2 nitrogen and oxygen atoms in total. The molecule has 2 heteroatoms. The van der Waals surface area contributed by atoms with Crippen molar-refractivity contribution in [2.45, 2.75) is 52.6 Å². The van der Waals surface area contributed by atoms with Crippen molar-refractivity contribution in [3.8, 4) is 0 Å². The fraction of sp³-hybridized carbons (Fsp3) is 0.800. The van der Waals surface area contributed by atoms with Gasteiger partial charge in [-0.3, -0.25) is 9.98 Å². The molecule has 0 saturated carbocycles. The van der Waals surface area contributed by atoms with Crippen LogP contribution in [0.2, 0.25) is 0 Å². The van der Waals surface area contributed by atoms with E-state index < -0.39 is 0 Å². The lowest BCUT2D eigenvalue weighted by atomic mass is 10.3. The third-order valence-corrected chi connectivity index (χ3v) is 1.93. The van der Waals surface area contributed by atoms with E-state index in [1.165, 1.54) is 0 Å². The van der Waals surface area contributed by atoms with E-state index in [-0.39, 0.29) is 0 Å². The van der Waals surface area contributed by atoms with Crippen molar-refractivity contribution in [2.75, 3.05) is 0 Å². The molecule has 0 aromatic rings. The van der Waals surface area contributed by atoms with Crippen molar-refractivity contribution < 1.29 is 0 Å². The summed E-state index contributed by atoms with van der Waals surface area (Å²) in [5, 5.41) is 0. The average molecular weight is 168 g/mol. The quantitative estimate of drug-likeness (QED) is 0.564. The smallest absolute Gasteiger partial charge is 0.0469 e. The molecular formula is C10H20N2. The maximum atomic E-state index is 4.27. The van der Waals surface area contributed by atoms with Crippen molar-refractivity contribution in [3.63, 3.8) is 0 Å². The van der Waals surface area contributed by atoms with Gasteiger partial charge in [-0.25, -0.2) is 0 Å². The molecule has 0 radical (unpaired) electrons. The van der Waals surface area contributed by atoms with E-state index in [1.54, 1.807) is 12.4 Å². The highest BCUT2D eigenvalue weighted by atomic mass is 14.8. The number of hydrogen-bond donors (Lipinski definition) is 0. The van der Waals surface area contributed by atoms with Crippen molar-refractivity contribution in [1.29, 1.82) is 0 Å². The van der Waals surface area contributed by atoms with Crippen molar-refractivity contribution in [1.82, 2.24) is 0 Å². The van der Waals surface area contributed by atoms with E-state index in [2.05, 4.69) is 37.7 Å². The van der Waals surface area contributed by atoms with Crippen LogP contribution < -0.4 is 0 Å². The Morgan fingerprint density at radius 3 is 1.50 bits per heavy atom. The van der Waals surface area contributed by atoms with Gasteiger partial charge in [0.1, 0.15) is 0 Å². The highest BCUT2D eigenvalue weighted by molar-refractivity contribution is 6.16. The fourth-order valence-electron chi connectivity index (χ4n) is 0.582. The van der Waals surface area contributed by atoms with E-state index in [4.69, 9.17) is 0 Å². The molecule has 2 atom stereocenters. The summed E-state index contributed by atoms with van der Waals surface area (Å²) < 4.78 is 0. The first-order valence-corrected chi connectivity index (χ1v) is 4.75. The first kappa shape index (κ1) is 11.3. The van der Waals surface area contributed by atoms with Gasteiger partial charge in [0.05, 0.1) is 0 Å². The average Bonchev–Trinajstić information content (AvgIpc) is 2.11. The van der Waals surface area contributed by atoms with Gasteiger partial charge >= 0.3 is 0 Å². The number of rotatable bonds is 5. The molecule has 0 amide bonds. The fourth-order valence-corrected chi connectivity index (χ4v) is 0.582. The molecule has 0 spiro atoms. The first-order valence-electron chi connectivity index (χ1n) is 4.75. The zero-order chi connectivity index (χ0) is 9.40. The molecule has 2 unspecified atom stereocenters. The molecule has 0 N–H and O–H groups in total. The largest absolute Gasteiger partial charge is 0.289 e. The zero-order valence-corrected chi connectivity index (χ0v) is 8.62. The molecule has 0 rings (SSSR count). The van der Waals surface area contributed by atoms with Gasteiger partial charge in [0.25, 0.3) is 0 Å². The Hall–Kier alpha value is -0.660. The summed E-state index contributed by atoms with van der Waals surface area (Å²) in [6, 6.07) is 0.849. The second kappa shape index (κ2) is 7.01. The Bertz CT molecular complexity index is 132. The van der Waals surface area contributed by atoms with Crippen LogP contribution in [0.15, 0.2) is 9.98 Å². The SMILES string of the molecule is CCC(C)/N=C/C=N/C(C)CC. The molecule has 0 aliphatic heterocycles. The second-order valence-electron chi connectivity index (χ2n) is 3.11. The van der Waals surface area contributed by atoms with E-state index >= 15 is 0 Å². The van der Waals surface area contributed by atoms with Gasteiger partial charge in [0, 0.05) is 24.5 Å². The maximum Gasteiger partial charge on any atom is 0.0469 e. The van der Waals surface area contributed by atoms with Crippen LogP contribution in [0.25, 0.3) is 0 Å². The summed E-state index contributed by atoms with van der Waals surface area (Å²) >= 11 is 0. The third-order valence-electron chi connectivity index (χ3n) is 1.93. The zero-order valence-electron chi connectivity index (χ0n) is 8.62. The van der Waals surface area contributed by atoms with Crippen LogP contribution in [0.3, 0.4) is 0 Å². The third kappa shape index (κ3) is 6.08. The van der Waals surface area contributed by atoms with Gasteiger partial charge in [-0.15, -0.1) is 0 Å². The molecule has 0 aromatic heterocycles. The van der Waals surface area contributed by atoms with E-state index in [0.717, 1.165) is 12.8 Å². The highest BCUT2D eigenvalue weighted by Crippen LogP contribution is 1.93. The van der Waals surface area contributed by atoms with Gasteiger partial charge in [-0.2, -0.15) is 0 Å². The lowest BCUT2D eigenvalue weighted by Gasteiger charge is -1.99. The maximum absolute atomic E-state index is 4.27. The Morgan fingerprint density at radius 2 is 1.25 bits per heavy atom. The topological polar surface area (TPSA) is 24.7 Å². The summed E-state index contributed by atoms with van der Waals surface area (Å²) in [6.07, 6.45) is 5.79. The summed E-state index contributed by atoms with van der Waals surface area (Å²) in [5.41, 5.74) is 0. The van der Waals surface area contributed by atoms with Crippen LogP contribution in [0.1, 0.15) is 40.5 Å². The number of aliphatic imine (C=N–C) groups is 2. The Kier molecular flexibility index (Phi) is 6.63. The minimum absolute atomic E-state index is 0.424. The predicted octanol–water partition coefficient (Wildman–Crippen LogP) is 2.73. The van der Waals surface area contributed by atoms with Crippen molar-refractivity contribution in [2.24, 2.45) is 9.98 Å². The van der Waals surface area contributed by atoms with Crippen molar-refractivity contribution in [3.05, 3.63) is 0 Å². The van der Waals surface area contributed by atoms with Gasteiger partial charge in [-0.1, -0.05) is 13.8 Å². The first-order chi connectivity index (χ1) is 5.70. The summed E-state index contributed by atoms with van der Waals surface area (Å²) in [6.45, 7) is 8.48. The molecule has 0 heterocycles. The van der Waals surface area contributed by atoms with Crippen LogP contribution in [0.5, 0.6) is 0 Å². The van der Waals surface area contributed by atoms with Gasteiger partial charge < -0.3 is 0 Å². The van der Waals surface area contributed by atoms with Crippen LogP contribution in [0, 0.1) is 0 Å². The number of hydrogen-bond acceptors (Lipinski definition) is 2. The van der Waals surface area contributed by atoms with Crippen LogP contribution >= 0.6 is 0 Å². The van der Waals surface area contributed by atoms with Crippen LogP contribution in [-0.2, 0) is 0 Å². The van der Waals surface area contributed by atoms with Crippen LogP contribution in [-0.4, -0.2) is 24.5 Å². The second-order valence-corrected chi connectivity index (χ2v) is 3.11. The Balaban J connectivity index is 3.65. The highest BCUT2D eigenvalue weighted by Gasteiger charge is 1.90. The molecule has 0 bridgehead atoms. The summed E-state index contributed by atoms with van der Waals surface area (Å²) in [5.74, 6) is 0. The minimum Gasteiger partial charge on any atom is -0.289 e. The standard InChI is InChI=1S/C10H20N2/c1-5-9(3)11-7-8-12-10(4)6-2/h7-10H,5-6H2,1-4H3/b11-7+,12-8+. The van der Waals surface area contributed by atoms with Gasteiger partial charge in [-0.05, 0) is 26.7 Å². The molecule has 0 aliphatic carbocycles. The normalized spacial score (nSPS) is 17.3. The monoisotopic (exact) mass is 168 g/mol. The molecule has 0 fully saturated rings.